The normalized spacial score (nSPS) is 10.9. The minimum Gasteiger partial charge on any atom is -0.544 e. The molecule has 0 aromatic rings. The van der Waals surface area contributed by atoms with E-state index < -0.39 is 23.8 Å². The maximum Gasteiger partial charge on any atom is 1.00 e. The fourth-order valence-corrected chi connectivity index (χ4v) is 0.256. The first-order valence-electron chi connectivity index (χ1n) is 2.32. The summed E-state index contributed by atoms with van der Waals surface area (Å²) >= 11 is 0. The molecule has 0 atom stereocenters. The first-order valence-corrected chi connectivity index (χ1v) is 2.32. The van der Waals surface area contributed by atoms with Crippen LogP contribution in [0.25, 0.3) is 0 Å². The Morgan fingerprint density at radius 2 is 0.929 bits per heavy atom. The summed E-state index contributed by atoms with van der Waals surface area (Å²) < 4.78 is 47.0. The summed E-state index contributed by atoms with van der Waals surface area (Å²) in [5.41, 5.74) is 0. The van der Waals surface area contributed by atoms with Crippen molar-refractivity contribution in [1.29, 1.82) is 0 Å². The van der Waals surface area contributed by atoms with Crippen molar-refractivity contribution in [3.8, 4) is 0 Å². The van der Waals surface area contributed by atoms with E-state index in [1.54, 1.807) is 0 Å². The first kappa shape index (κ1) is 21.2. The van der Waals surface area contributed by atoms with Gasteiger partial charge in [0.05, 0.1) is 0 Å². The Hall–Kier alpha value is 1.93. The van der Waals surface area contributed by atoms with Gasteiger partial charge < -0.3 is 19.8 Å². The predicted octanol–water partition coefficient (Wildman–Crippen LogP) is -8.24. The van der Waals surface area contributed by atoms with Gasteiger partial charge in [-0.15, -0.1) is 0 Å². The Morgan fingerprint density at radius 3 is 1.00 bits per heavy atom. The van der Waals surface area contributed by atoms with Gasteiger partial charge in [-0.3, -0.25) is 0 Å². The van der Waals surface area contributed by atoms with Crippen LogP contribution in [0.1, 0.15) is 0 Å². The minimum absolute atomic E-state index is 0. The van der Waals surface area contributed by atoms with E-state index in [2.05, 4.69) is 0 Å². The van der Waals surface area contributed by atoms with E-state index in [0.29, 0.717) is 0 Å². The molecule has 0 fully saturated rings. The third-order valence-electron chi connectivity index (χ3n) is 0.907. The van der Waals surface area contributed by atoms with Gasteiger partial charge in [0, 0.05) is 0 Å². The second-order valence-electron chi connectivity index (χ2n) is 1.72. The van der Waals surface area contributed by atoms with E-state index in [-0.39, 0.29) is 103 Å². The summed E-state index contributed by atoms with van der Waals surface area (Å²) in [6, 6.07) is 0. The second kappa shape index (κ2) is 7.30. The summed E-state index contributed by atoms with van der Waals surface area (Å²) in [5, 5.41) is 18.7. The smallest absolute Gasteiger partial charge is 0.544 e. The summed E-state index contributed by atoms with van der Waals surface area (Å²) in [5.74, 6) is -18.5. The fraction of sp³-hybridized carbons (Fsp3) is 0.500. The number of carboxylic acid groups (broad SMARTS) is 2. The van der Waals surface area contributed by atoms with Crippen LogP contribution in [0, 0.1) is 0 Å². The van der Waals surface area contributed by atoms with Gasteiger partial charge in [-0.2, -0.15) is 17.6 Å². The molecule has 14 heavy (non-hydrogen) atoms. The van der Waals surface area contributed by atoms with Crippen molar-refractivity contribution in [2.45, 2.75) is 11.8 Å². The predicted molar refractivity (Wildman–Crippen MR) is 19.9 cm³/mol. The van der Waals surface area contributed by atoms with Crippen LogP contribution in [0.15, 0.2) is 0 Å². The summed E-state index contributed by atoms with van der Waals surface area (Å²) in [4.78, 5) is 18.7. The zero-order valence-corrected chi connectivity index (χ0v) is 13.4. The van der Waals surface area contributed by atoms with Gasteiger partial charge in [-0.1, -0.05) is 0 Å². The quantitative estimate of drug-likeness (QED) is 0.375. The molecule has 0 aromatic heterocycles. The third-order valence-corrected chi connectivity index (χ3v) is 0.907. The monoisotopic (exact) mass is 266 g/mol. The number of alkyl halides is 4. The number of carbonyl (C=O) groups is 2. The van der Waals surface area contributed by atoms with Crippen molar-refractivity contribution in [3.05, 3.63) is 0 Å². The van der Waals surface area contributed by atoms with Gasteiger partial charge in [-0.25, -0.2) is 0 Å². The van der Waals surface area contributed by atoms with Crippen LogP contribution in [0.5, 0.6) is 0 Å². The van der Waals surface area contributed by atoms with Crippen molar-refractivity contribution in [3.63, 3.8) is 0 Å². The van der Waals surface area contributed by atoms with Crippen LogP contribution >= 0.6 is 0 Å². The molecule has 0 aliphatic rings. The van der Waals surface area contributed by atoms with Crippen LogP contribution in [-0.4, -0.2) is 23.8 Å². The number of rotatable bonds is 3. The van der Waals surface area contributed by atoms with Gasteiger partial charge >= 0.3 is 115 Å². The molecule has 0 heterocycles. The molecule has 0 N–H and O–H groups in total. The number of carbonyl (C=O) groups excluding carboxylic acids is 2. The molecule has 0 bridgehead atoms. The molecular weight excluding hydrogens is 266 g/mol. The van der Waals surface area contributed by atoms with Crippen LogP contribution in [0.3, 0.4) is 0 Å². The molecule has 70 valence electrons. The standard InChI is InChI=1S/C4H2F4O4.2K/c5-3(6,1(9)10)4(7,8)2(11)12;;/h(H,9,10)(H,11,12);;/q;2*+1/p-2. The Morgan fingerprint density at radius 1 is 0.786 bits per heavy atom. The fourth-order valence-electron chi connectivity index (χ4n) is 0.256. The van der Waals surface area contributed by atoms with Crippen molar-refractivity contribution >= 4 is 11.9 Å². The number of halogens is 4. The zero-order chi connectivity index (χ0) is 10.2. The van der Waals surface area contributed by atoms with Crippen molar-refractivity contribution in [2.24, 2.45) is 0 Å². The summed E-state index contributed by atoms with van der Waals surface area (Å²) in [6.45, 7) is 0. The van der Waals surface area contributed by atoms with E-state index in [4.69, 9.17) is 0 Å². The molecule has 0 spiro atoms. The molecule has 0 aliphatic heterocycles. The molecular formula is C4F4K2O4. The van der Waals surface area contributed by atoms with E-state index in [9.17, 15) is 37.4 Å². The number of aliphatic carboxylic acids is 2. The third kappa shape index (κ3) is 4.43. The Balaban J connectivity index is -0.000000605. The van der Waals surface area contributed by atoms with Crippen LogP contribution < -0.4 is 113 Å². The molecule has 0 aliphatic carbocycles. The molecule has 0 unspecified atom stereocenters. The molecule has 0 radical (unpaired) electrons. The molecule has 4 nitrogen and oxygen atoms in total. The van der Waals surface area contributed by atoms with Crippen LogP contribution in [0.4, 0.5) is 17.6 Å². The van der Waals surface area contributed by atoms with Gasteiger partial charge in [-0.05, 0) is 0 Å². The van der Waals surface area contributed by atoms with Crippen LogP contribution in [-0.2, 0) is 9.59 Å². The number of carboxylic acids is 2. The summed E-state index contributed by atoms with van der Waals surface area (Å²) in [6.07, 6.45) is 0. The summed E-state index contributed by atoms with van der Waals surface area (Å²) in [7, 11) is 0. The molecule has 0 amide bonds. The van der Waals surface area contributed by atoms with E-state index in [0.717, 1.165) is 0 Å². The number of hydrogen-bond acceptors (Lipinski definition) is 4. The molecule has 0 rings (SSSR count). The Bertz CT molecular complexity index is 207. The average Bonchev–Trinajstić information content (AvgIpc) is 1.86. The molecule has 0 aromatic carbocycles. The van der Waals surface area contributed by atoms with Gasteiger partial charge in [0.2, 0.25) is 0 Å². The Kier molecular flexibility index (Phi) is 11.1. The van der Waals surface area contributed by atoms with E-state index in [1.165, 1.54) is 0 Å². The Labute approximate surface area is 160 Å². The zero-order valence-electron chi connectivity index (χ0n) is 7.14. The first-order chi connectivity index (χ1) is 5.14. The maximum atomic E-state index is 11.7. The maximum absolute atomic E-state index is 11.7. The van der Waals surface area contributed by atoms with Crippen molar-refractivity contribution in [2.75, 3.05) is 0 Å². The average molecular weight is 266 g/mol. The van der Waals surface area contributed by atoms with Gasteiger partial charge in [0.25, 0.3) is 0 Å². The topological polar surface area (TPSA) is 80.3 Å². The number of hydrogen-bond donors (Lipinski definition) is 0. The van der Waals surface area contributed by atoms with Crippen molar-refractivity contribution in [1.82, 2.24) is 0 Å². The largest absolute Gasteiger partial charge is 1.00 e. The minimum atomic E-state index is -5.77. The molecule has 10 heteroatoms. The van der Waals surface area contributed by atoms with Gasteiger partial charge in [0.15, 0.2) is 0 Å². The molecule has 0 saturated carbocycles. The SMILES string of the molecule is O=C([O-])C(F)(F)C(F)(F)C(=O)[O-].[K+].[K+]. The van der Waals surface area contributed by atoms with Gasteiger partial charge in [0.1, 0.15) is 11.9 Å². The van der Waals surface area contributed by atoms with E-state index in [1.807, 2.05) is 0 Å². The molecule has 0 saturated heterocycles. The van der Waals surface area contributed by atoms with Crippen molar-refractivity contribution < 1.29 is 140 Å². The van der Waals surface area contributed by atoms with Crippen LogP contribution in [0.2, 0.25) is 0 Å². The van der Waals surface area contributed by atoms with E-state index >= 15 is 0 Å². The second-order valence-corrected chi connectivity index (χ2v) is 1.72.